The summed E-state index contributed by atoms with van der Waals surface area (Å²) in [6.07, 6.45) is -1.34. The predicted molar refractivity (Wildman–Crippen MR) is 175 cm³/mol. The van der Waals surface area contributed by atoms with Gasteiger partial charge >= 0.3 is 6.18 Å². The number of hydrogen-bond donors (Lipinski definition) is 3. The summed E-state index contributed by atoms with van der Waals surface area (Å²) >= 11 is 3.52. The lowest BCUT2D eigenvalue weighted by Crippen LogP contribution is -2.43. The highest BCUT2D eigenvalue weighted by Crippen LogP contribution is 2.47. The molecule has 0 radical (unpaired) electrons. The zero-order valence-corrected chi connectivity index (χ0v) is 27.0. The Morgan fingerprint density at radius 1 is 1.09 bits per heavy atom. The summed E-state index contributed by atoms with van der Waals surface area (Å²) in [4.78, 5) is 21.8. The minimum Gasteiger partial charge on any atom is -0.496 e. The van der Waals surface area contributed by atoms with E-state index in [1.807, 2.05) is 30.3 Å². The van der Waals surface area contributed by atoms with Crippen LogP contribution in [0.25, 0.3) is 22.2 Å². The molecule has 1 aromatic heterocycles. The molecule has 46 heavy (non-hydrogen) atoms. The van der Waals surface area contributed by atoms with Crippen LogP contribution in [-0.4, -0.2) is 60.3 Å². The molecule has 1 aliphatic heterocycles. The van der Waals surface area contributed by atoms with Gasteiger partial charge in [-0.3, -0.25) is 9.69 Å². The standard InChI is InChI=1S/C35H36BrF3N4O3/c1-46-29-20-25(36)19-28-31(29)30(33(45)42-34(12-13-34)23-7-3-2-4-8-23)27(21-43-15-10-26(11-16-43)40-14-17-44)32(41-28)22-6-5-9-24(18-22)35(37,38)39/h2-9,18-20,26,40,44H,10-17,21H2,1H3,(H,42,45). The summed E-state index contributed by atoms with van der Waals surface area (Å²) in [6.45, 7) is 2.29. The number of nitrogens with zero attached hydrogens (tertiary/aromatic N) is 2. The molecule has 1 aliphatic carbocycles. The number of ether oxygens (including phenoxy) is 1. The molecule has 0 atom stereocenters. The maximum atomic E-state index is 14.6. The number of fused-ring (bicyclic) bond motifs is 1. The van der Waals surface area contributed by atoms with Crippen LogP contribution >= 0.6 is 15.9 Å². The summed E-state index contributed by atoms with van der Waals surface area (Å²) in [5.41, 5.74) is 1.64. The first-order valence-corrected chi connectivity index (χ1v) is 16.2. The summed E-state index contributed by atoms with van der Waals surface area (Å²) in [7, 11) is 1.53. The molecule has 0 spiro atoms. The number of amides is 1. The van der Waals surface area contributed by atoms with Crippen molar-refractivity contribution >= 4 is 32.7 Å². The Kier molecular flexibility index (Phi) is 9.38. The lowest BCUT2D eigenvalue weighted by Gasteiger charge is -2.33. The van der Waals surface area contributed by atoms with Gasteiger partial charge in [0.15, 0.2) is 0 Å². The first-order chi connectivity index (χ1) is 22.1. The molecule has 242 valence electrons. The fourth-order valence-corrected chi connectivity index (χ4v) is 6.87. The number of halogens is 4. The maximum Gasteiger partial charge on any atom is 0.416 e. The van der Waals surface area contributed by atoms with Crippen LogP contribution in [-0.2, 0) is 18.3 Å². The number of rotatable bonds is 10. The van der Waals surface area contributed by atoms with E-state index in [1.54, 1.807) is 18.2 Å². The lowest BCUT2D eigenvalue weighted by atomic mass is 9.93. The first kappa shape index (κ1) is 32.4. The van der Waals surface area contributed by atoms with Gasteiger partial charge in [-0.25, -0.2) is 4.98 Å². The number of aliphatic hydroxyl groups excluding tert-OH is 1. The van der Waals surface area contributed by atoms with Crippen LogP contribution in [0, 0.1) is 0 Å². The number of pyridine rings is 1. The van der Waals surface area contributed by atoms with Gasteiger partial charge in [0.1, 0.15) is 5.75 Å². The second kappa shape index (κ2) is 13.3. The van der Waals surface area contributed by atoms with Gasteiger partial charge in [-0.2, -0.15) is 13.2 Å². The number of carbonyl (C=O) groups is 1. The van der Waals surface area contributed by atoms with Crippen molar-refractivity contribution in [3.63, 3.8) is 0 Å². The number of hydrogen-bond acceptors (Lipinski definition) is 6. The summed E-state index contributed by atoms with van der Waals surface area (Å²) < 4.78 is 48.2. The highest BCUT2D eigenvalue weighted by atomic mass is 79.9. The number of benzene rings is 3. The zero-order chi connectivity index (χ0) is 32.5. The second-order valence-corrected chi connectivity index (χ2v) is 12.9. The molecule has 11 heteroatoms. The Balaban J connectivity index is 1.52. The summed E-state index contributed by atoms with van der Waals surface area (Å²) in [6, 6.07) is 18.7. The van der Waals surface area contributed by atoms with Crippen molar-refractivity contribution in [3.8, 4) is 17.0 Å². The third kappa shape index (κ3) is 6.78. The van der Waals surface area contributed by atoms with Gasteiger partial charge in [-0.15, -0.1) is 0 Å². The third-order valence-electron chi connectivity index (χ3n) is 8.97. The van der Waals surface area contributed by atoms with Gasteiger partial charge in [0.25, 0.3) is 5.91 Å². The van der Waals surface area contributed by atoms with Crippen molar-refractivity contribution in [2.24, 2.45) is 0 Å². The highest BCUT2D eigenvalue weighted by molar-refractivity contribution is 9.10. The third-order valence-corrected chi connectivity index (χ3v) is 9.43. The molecule has 2 aliphatic rings. The molecule has 2 heterocycles. The van der Waals surface area contributed by atoms with Crippen molar-refractivity contribution in [3.05, 3.63) is 93.5 Å². The van der Waals surface area contributed by atoms with Crippen LogP contribution in [0.4, 0.5) is 13.2 Å². The minimum atomic E-state index is -4.54. The molecule has 7 nitrogen and oxygen atoms in total. The van der Waals surface area contributed by atoms with E-state index >= 15 is 0 Å². The predicted octanol–water partition coefficient (Wildman–Crippen LogP) is 6.66. The van der Waals surface area contributed by atoms with Crippen LogP contribution in [0.15, 0.2) is 71.2 Å². The van der Waals surface area contributed by atoms with E-state index in [1.165, 1.54) is 13.2 Å². The fraction of sp³-hybridized carbons (Fsp3) is 0.371. The van der Waals surface area contributed by atoms with Crippen molar-refractivity contribution in [1.29, 1.82) is 0 Å². The van der Waals surface area contributed by atoms with Gasteiger partial charge in [0, 0.05) is 34.7 Å². The lowest BCUT2D eigenvalue weighted by molar-refractivity contribution is -0.137. The number of nitrogens with one attached hydrogen (secondary N) is 2. The van der Waals surface area contributed by atoms with Crippen molar-refractivity contribution in [2.75, 3.05) is 33.4 Å². The molecule has 6 rings (SSSR count). The molecule has 1 saturated carbocycles. The Hall–Kier alpha value is -3.51. The normalized spacial score (nSPS) is 16.8. The molecule has 1 saturated heterocycles. The van der Waals surface area contributed by atoms with Gasteiger partial charge in [0.05, 0.1) is 47.0 Å². The Morgan fingerprint density at radius 3 is 2.48 bits per heavy atom. The molecule has 0 unspecified atom stereocenters. The molecule has 3 N–H and O–H groups in total. The van der Waals surface area contributed by atoms with E-state index in [2.05, 4.69) is 31.5 Å². The Morgan fingerprint density at radius 2 is 1.83 bits per heavy atom. The van der Waals surface area contributed by atoms with Crippen LogP contribution < -0.4 is 15.4 Å². The number of carbonyl (C=O) groups excluding carboxylic acids is 1. The Labute approximate surface area is 274 Å². The SMILES string of the molecule is COc1cc(Br)cc2nc(-c3cccc(C(F)(F)F)c3)c(CN3CCC(NCCO)CC3)c(C(=O)NC3(c4ccccc4)CC3)c12. The van der Waals surface area contributed by atoms with Gasteiger partial charge in [-0.05, 0) is 68.6 Å². The quantitative estimate of drug-likeness (QED) is 0.172. The maximum absolute atomic E-state index is 14.6. The van der Waals surface area contributed by atoms with Crippen LogP contribution in [0.5, 0.6) is 5.75 Å². The van der Waals surface area contributed by atoms with E-state index in [4.69, 9.17) is 9.72 Å². The zero-order valence-electron chi connectivity index (χ0n) is 25.5. The smallest absolute Gasteiger partial charge is 0.416 e. The second-order valence-electron chi connectivity index (χ2n) is 12.0. The summed E-state index contributed by atoms with van der Waals surface area (Å²) in [5, 5.41) is 16.4. The van der Waals surface area contributed by atoms with Crippen LogP contribution in [0.1, 0.15) is 52.7 Å². The number of aliphatic hydroxyl groups is 1. The number of methoxy groups -OCH3 is 1. The van der Waals surface area contributed by atoms with E-state index in [-0.39, 0.29) is 24.1 Å². The van der Waals surface area contributed by atoms with E-state index in [9.17, 15) is 23.1 Å². The molecule has 3 aromatic carbocycles. The van der Waals surface area contributed by atoms with Crippen molar-refractivity contribution < 1.29 is 27.8 Å². The largest absolute Gasteiger partial charge is 0.496 e. The molecule has 1 amide bonds. The average molecular weight is 698 g/mol. The van der Waals surface area contributed by atoms with Crippen molar-refractivity contribution in [2.45, 2.75) is 50.0 Å². The number of alkyl halides is 3. The van der Waals surface area contributed by atoms with Gasteiger partial charge in [0.2, 0.25) is 0 Å². The first-order valence-electron chi connectivity index (χ1n) is 15.4. The van der Waals surface area contributed by atoms with E-state index in [0.29, 0.717) is 64.1 Å². The minimum absolute atomic E-state index is 0.0597. The number of piperidine rings is 1. The molecule has 2 fully saturated rings. The monoisotopic (exact) mass is 696 g/mol. The fourth-order valence-electron chi connectivity index (χ4n) is 6.45. The molecule has 0 bridgehead atoms. The number of likely N-dealkylation sites (tertiary alicyclic amines) is 1. The van der Waals surface area contributed by atoms with E-state index < -0.39 is 17.3 Å². The molecular formula is C35H36BrF3N4O3. The van der Waals surface area contributed by atoms with Crippen LogP contribution in [0.2, 0.25) is 0 Å². The van der Waals surface area contributed by atoms with Gasteiger partial charge in [-0.1, -0.05) is 58.4 Å². The summed E-state index contributed by atoms with van der Waals surface area (Å²) in [5.74, 6) is 0.118. The van der Waals surface area contributed by atoms with E-state index in [0.717, 1.165) is 43.4 Å². The number of aromatic nitrogens is 1. The Bertz CT molecular complexity index is 1720. The molecule has 4 aromatic rings. The highest BCUT2D eigenvalue weighted by Gasteiger charge is 2.46. The average Bonchev–Trinajstić information content (AvgIpc) is 3.84. The van der Waals surface area contributed by atoms with Crippen molar-refractivity contribution in [1.82, 2.24) is 20.5 Å². The molecular weight excluding hydrogens is 661 g/mol. The van der Waals surface area contributed by atoms with Crippen LogP contribution in [0.3, 0.4) is 0 Å². The van der Waals surface area contributed by atoms with Gasteiger partial charge < -0.3 is 20.5 Å². The topological polar surface area (TPSA) is 86.7 Å².